The second-order valence-corrected chi connectivity index (χ2v) is 9.66. The smallest absolute Gasteiger partial charge is 0.242 e. The first-order chi connectivity index (χ1) is 16.0. The molecule has 0 saturated carbocycles. The van der Waals surface area contributed by atoms with E-state index >= 15 is 0 Å². The number of amides is 1. The summed E-state index contributed by atoms with van der Waals surface area (Å²) in [4.78, 5) is 23.4. The van der Waals surface area contributed by atoms with Crippen LogP contribution in [0, 0.1) is 12.8 Å². The van der Waals surface area contributed by atoms with Crippen molar-refractivity contribution >= 4 is 33.4 Å². The van der Waals surface area contributed by atoms with Crippen LogP contribution in [0.5, 0.6) is 0 Å². The number of likely N-dealkylation sites (N-methyl/N-ethyl adjacent to an activating group) is 1. The van der Waals surface area contributed by atoms with E-state index in [1.807, 2.05) is 18.0 Å². The van der Waals surface area contributed by atoms with Gasteiger partial charge in [-0.2, -0.15) is 0 Å². The van der Waals surface area contributed by atoms with Crippen LogP contribution < -0.4 is 4.90 Å². The molecule has 2 aromatic heterocycles. The molecule has 0 radical (unpaired) electrons. The fraction of sp³-hybridized carbons (Fsp3) is 0.207. The maximum atomic E-state index is 14.2. The zero-order chi connectivity index (χ0) is 22.5. The number of para-hydroxylation sites is 3. The number of nitrogens with one attached hydrogen (secondary N) is 2. The summed E-state index contributed by atoms with van der Waals surface area (Å²) in [5.74, 6) is 0.286. The molecule has 0 fully saturated rings. The predicted octanol–water partition coefficient (Wildman–Crippen LogP) is 6.00. The maximum absolute atomic E-state index is 14.2. The minimum Gasteiger partial charge on any atom is -0.361 e. The van der Waals surface area contributed by atoms with E-state index in [2.05, 4.69) is 90.7 Å². The first-order valence-corrected chi connectivity index (χ1v) is 11.6. The van der Waals surface area contributed by atoms with E-state index in [1.54, 1.807) is 0 Å². The number of aryl methyl sites for hydroxylation is 1. The Balaban J connectivity index is 1.62. The number of fused-ring (bicyclic) bond motifs is 7. The third-order valence-corrected chi connectivity index (χ3v) is 8.25. The lowest BCUT2D eigenvalue weighted by Gasteiger charge is -2.32. The molecule has 7 rings (SSSR count). The molecule has 33 heavy (non-hydrogen) atoms. The molecule has 1 aliphatic heterocycles. The van der Waals surface area contributed by atoms with E-state index in [0.29, 0.717) is 0 Å². The number of nitrogens with zero attached hydrogens (tertiary/aromatic N) is 1. The van der Waals surface area contributed by atoms with Crippen LogP contribution in [0.25, 0.3) is 21.8 Å². The number of carbonyl (C=O) groups excluding carboxylic acids is 1. The third kappa shape index (κ3) is 2.05. The molecule has 5 aromatic rings. The molecule has 162 valence electrons. The van der Waals surface area contributed by atoms with Crippen molar-refractivity contribution in [3.05, 3.63) is 101 Å². The van der Waals surface area contributed by atoms with E-state index in [0.717, 1.165) is 27.7 Å². The van der Waals surface area contributed by atoms with Gasteiger partial charge in [-0.3, -0.25) is 4.79 Å². The molecule has 1 aliphatic carbocycles. The van der Waals surface area contributed by atoms with Crippen molar-refractivity contribution in [1.82, 2.24) is 9.97 Å². The van der Waals surface area contributed by atoms with Gasteiger partial charge in [-0.05, 0) is 41.7 Å². The first-order valence-electron chi connectivity index (χ1n) is 11.6. The van der Waals surface area contributed by atoms with Crippen LogP contribution in [0.4, 0.5) is 5.69 Å². The van der Waals surface area contributed by atoms with E-state index in [1.165, 1.54) is 27.7 Å². The summed E-state index contributed by atoms with van der Waals surface area (Å²) in [5, 5.41) is 2.39. The Morgan fingerprint density at radius 3 is 2.58 bits per heavy atom. The average Bonchev–Trinajstić information content (AvgIpc) is 3.52. The number of rotatable bonds is 1. The highest BCUT2D eigenvalue weighted by atomic mass is 16.2. The largest absolute Gasteiger partial charge is 0.361 e. The van der Waals surface area contributed by atoms with Crippen molar-refractivity contribution in [2.45, 2.75) is 25.2 Å². The highest BCUT2D eigenvalue weighted by Gasteiger charge is 2.62. The van der Waals surface area contributed by atoms with Gasteiger partial charge in [-0.1, -0.05) is 61.5 Å². The van der Waals surface area contributed by atoms with Crippen LogP contribution in [0.15, 0.2) is 72.9 Å². The normalized spacial score (nSPS) is 23.7. The molecular formula is C29H25N3O. The molecule has 0 saturated heterocycles. The van der Waals surface area contributed by atoms with Crippen LogP contribution in [-0.4, -0.2) is 22.9 Å². The summed E-state index contributed by atoms with van der Waals surface area (Å²) < 4.78 is 0. The Labute approximate surface area is 192 Å². The Hall–Kier alpha value is -3.79. The lowest BCUT2D eigenvalue weighted by Crippen LogP contribution is -2.43. The number of carbonyl (C=O) groups is 1. The van der Waals surface area contributed by atoms with Gasteiger partial charge in [0.25, 0.3) is 0 Å². The Morgan fingerprint density at radius 1 is 0.939 bits per heavy atom. The molecule has 3 aromatic carbocycles. The molecule has 4 heteroatoms. The summed E-state index contributed by atoms with van der Waals surface area (Å²) in [7, 11) is 1.92. The van der Waals surface area contributed by atoms with Crippen LogP contribution in [0.2, 0.25) is 0 Å². The molecule has 2 N–H and O–H groups in total. The summed E-state index contributed by atoms with van der Waals surface area (Å²) in [6.07, 6.45) is 2.08. The number of hydrogen-bond donors (Lipinski definition) is 2. The fourth-order valence-electron chi connectivity index (χ4n) is 6.82. The van der Waals surface area contributed by atoms with Crippen molar-refractivity contribution < 1.29 is 4.79 Å². The van der Waals surface area contributed by atoms with Gasteiger partial charge >= 0.3 is 0 Å². The molecule has 0 bridgehead atoms. The van der Waals surface area contributed by atoms with Crippen LogP contribution in [0.1, 0.15) is 40.8 Å². The van der Waals surface area contributed by atoms with Crippen molar-refractivity contribution in [2.24, 2.45) is 5.92 Å². The highest BCUT2D eigenvalue weighted by molar-refractivity contribution is 6.14. The molecule has 3 atom stereocenters. The summed E-state index contributed by atoms with van der Waals surface area (Å²) >= 11 is 0. The van der Waals surface area contributed by atoms with E-state index in [4.69, 9.17) is 0 Å². The van der Waals surface area contributed by atoms with Gasteiger partial charge in [0.1, 0.15) is 5.41 Å². The number of hydrogen-bond acceptors (Lipinski definition) is 1. The Bertz CT molecular complexity index is 1610. The van der Waals surface area contributed by atoms with Crippen molar-refractivity contribution in [2.75, 3.05) is 11.9 Å². The van der Waals surface area contributed by atoms with Crippen LogP contribution in [-0.2, 0) is 10.2 Å². The molecule has 1 amide bonds. The number of aromatic amines is 2. The summed E-state index contributed by atoms with van der Waals surface area (Å²) in [6, 6.07) is 23.3. The number of anilines is 1. The predicted molar refractivity (Wildman–Crippen MR) is 133 cm³/mol. The quantitative estimate of drug-likeness (QED) is 0.336. The van der Waals surface area contributed by atoms with Crippen LogP contribution >= 0.6 is 0 Å². The Morgan fingerprint density at radius 2 is 1.70 bits per heavy atom. The lowest BCUT2D eigenvalue weighted by molar-refractivity contribution is -0.122. The van der Waals surface area contributed by atoms with Gasteiger partial charge in [-0.25, -0.2) is 0 Å². The number of benzene rings is 3. The minimum atomic E-state index is -0.714. The van der Waals surface area contributed by atoms with E-state index < -0.39 is 5.41 Å². The van der Waals surface area contributed by atoms with E-state index in [-0.39, 0.29) is 17.7 Å². The topological polar surface area (TPSA) is 51.9 Å². The molecular weight excluding hydrogens is 406 g/mol. The van der Waals surface area contributed by atoms with Crippen molar-refractivity contribution in [3.63, 3.8) is 0 Å². The zero-order valence-corrected chi connectivity index (χ0v) is 18.9. The van der Waals surface area contributed by atoms with Gasteiger partial charge < -0.3 is 14.9 Å². The van der Waals surface area contributed by atoms with Gasteiger partial charge in [0, 0.05) is 57.9 Å². The molecule has 4 nitrogen and oxygen atoms in total. The van der Waals surface area contributed by atoms with E-state index in [9.17, 15) is 4.79 Å². The molecule has 3 heterocycles. The standard InChI is InChI=1S/C29H25N3O/c1-16-15-30-26-18(16)10-8-11-20(26)24-17(2)29(21-12-5-7-14-23(21)32(3)28(29)33)25-19-9-4-6-13-22(19)31-27(24)25/h4-15,17,24,30-31H,1-3H3/t17-,24+,29-/m0/s1. The summed E-state index contributed by atoms with van der Waals surface area (Å²) in [5.41, 5.74) is 8.49. The van der Waals surface area contributed by atoms with Gasteiger partial charge in [-0.15, -0.1) is 0 Å². The highest BCUT2D eigenvalue weighted by Crippen LogP contribution is 2.63. The molecule has 2 aliphatic rings. The van der Waals surface area contributed by atoms with Crippen LogP contribution in [0.3, 0.4) is 0 Å². The maximum Gasteiger partial charge on any atom is 0.242 e. The molecule has 0 unspecified atom stereocenters. The van der Waals surface area contributed by atoms with Crippen molar-refractivity contribution in [3.8, 4) is 0 Å². The number of H-pyrrole nitrogens is 2. The lowest BCUT2D eigenvalue weighted by atomic mass is 9.68. The second-order valence-electron chi connectivity index (χ2n) is 9.66. The second kappa shape index (κ2) is 6.16. The fourth-order valence-corrected chi connectivity index (χ4v) is 6.82. The van der Waals surface area contributed by atoms with Gasteiger partial charge in [0.05, 0.1) is 0 Å². The van der Waals surface area contributed by atoms with Gasteiger partial charge in [0.15, 0.2) is 0 Å². The molecule has 1 spiro atoms. The Kier molecular flexibility index (Phi) is 3.50. The monoisotopic (exact) mass is 431 g/mol. The number of aromatic nitrogens is 2. The summed E-state index contributed by atoms with van der Waals surface area (Å²) in [6.45, 7) is 4.40. The SMILES string of the molecule is Cc1c[nH]c2c([C@@H]3c4[nH]c5ccccc5c4[C@]4(C(=O)N(C)c5ccccc54)[C@H]3C)cccc12. The first kappa shape index (κ1) is 18.8. The zero-order valence-electron chi connectivity index (χ0n) is 18.9. The van der Waals surface area contributed by atoms with Gasteiger partial charge in [0.2, 0.25) is 5.91 Å². The minimum absolute atomic E-state index is 0.0520. The van der Waals surface area contributed by atoms with Crippen molar-refractivity contribution in [1.29, 1.82) is 0 Å². The third-order valence-electron chi connectivity index (χ3n) is 8.25. The average molecular weight is 432 g/mol.